The van der Waals surface area contributed by atoms with Gasteiger partial charge in [0.1, 0.15) is 0 Å². The van der Waals surface area contributed by atoms with Crippen LogP contribution in [0.25, 0.3) is 0 Å². The molecule has 0 saturated carbocycles. The van der Waals surface area contributed by atoms with Crippen molar-refractivity contribution in [1.82, 2.24) is 14.5 Å². The number of aromatic nitrogens is 2. The minimum Gasteiger partial charge on any atom is -0.296 e. The Morgan fingerprint density at radius 2 is 1.68 bits per heavy atom. The van der Waals surface area contributed by atoms with Crippen LogP contribution in [0.4, 0.5) is 18.3 Å². The zero-order valence-corrected chi connectivity index (χ0v) is 20.0. The number of sulfonamides is 1. The minimum absolute atomic E-state index is 0.142. The lowest BCUT2D eigenvalue weighted by Gasteiger charge is -2.15. The first kappa shape index (κ1) is 24.6. The van der Waals surface area contributed by atoms with Crippen molar-refractivity contribution >= 4 is 44.2 Å². The van der Waals surface area contributed by atoms with Crippen LogP contribution in [0.2, 0.25) is 0 Å². The third kappa shape index (κ3) is 5.77. The molecule has 13 heteroatoms. The van der Waals surface area contributed by atoms with Crippen LogP contribution >= 0.6 is 23.1 Å². The molecular formula is C21H19F3N4O3S3. The first-order chi connectivity index (χ1) is 16.1. The van der Waals surface area contributed by atoms with E-state index in [1.165, 1.54) is 52.5 Å². The molecule has 7 nitrogen and oxygen atoms in total. The Morgan fingerprint density at radius 1 is 1.03 bits per heavy atom. The van der Waals surface area contributed by atoms with E-state index in [2.05, 4.69) is 15.5 Å². The highest BCUT2D eigenvalue weighted by Crippen LogP contribution is 2.32. The number of halogens is 3. The average Bonchev–Trinajstić information content (AvgIpc) is 3.50. The number of anilines is 1. The summed E-state index contributed by atoms with van der Waals surface area (Å²) in [6, 6.07) is 10.6. The number of hydrogen-bond acceptors (Lipinski definition) is 7. The molecule has 1 N–H and O–H groups in total. The van der Waals surface area contributed by atoms with Crippen molar-refractivity contribution in [3.8, 4) is 0 Å². The first-order valence-corrected chi connectivity index (χ1v) is 13.4. The number of carbonyl (C=O) groups is 1. The molecule has 2 heterocycles. The molecule has 1 amide bonds. The van der Waals surface area contributed by atoms with Gasteiger partial charge in [0.2, 0.25) is 15.2 Å². The second-order valence-electron chi connectivity index (χ2n) is 7.45. The largest absolute Gasteiger partial charge is 0.416 e. The minimum atomic E-state index is -4.37. The van der Waals surface area contributed by atoms with E-state index >= 15 is 0 Å². The van der Waals surface area contributed by atoms with E-state index in [1.54, 1.807) is 0 Å². The van der Waals surface area contributed by atoms with E-state index in [4.69, 9.17) is 0 Å². The lowest BCUT2D eigenvalue weighted by molar-refractivity contribution is -0.137. The number of rotatable bonds is 7. The van der Waals surface area contributed by atoms with Crippen molar-refractivity contribution in [1.29, 1.82) is 0 Å². The number of benzene rings is 2. The van der Waals surface area contributed by atoms with Crippen LogP contribution in [0, 0.1) is 0 Å². The van der Waals surface area contributed by atoms with Crippen LogP contribution in [0.5, 0.6) is 0 Å². The van der Waals surface area contributed by atoms with Gasteiger partial charge in [0.15, 0.2) is 4.34 Å². The van der Waals surface area contributed by atoms with Crippen molar-refractivity contribution in [2.45, 2.75) is 34.0 Å². The molecule has 0 radical (unpaired) electrons. The Hall–Kier alpha value is -2.48. The van der Waals surface area contributed by atoms with E-state index in [0.717, 1.165) is 36.3 Å². The fourth-order valence-corrected chi connectivity index (χ4v) is 6.50. The lowest BCUT2D eigenvalue weighted by Crippen LogP contribution is -2.27. The maximum Gasteiger partial charge on any atom is 0.416 e. The Morgan fingerprint density at radius 3 is 2.29 bits per heavy atom. The Kier molecular flexibility index (Phi) is 7.26. The molecule has 2 aromatic carbocycles. The summed E-state index contributed by atoms with van der Waals surface area (Å²) < 4.78 is 65.1. The molecule has 4 rings (SSSR count). The topological polar surface area (TPSA) is 92.3 Å². The fraction of sp³-hybridized carbons (Fsp3) is 0.286. The first-order valence-electron chi connectivity index (χ1n) is 10.2. The van der Waals surface area contributed by atoms with Crippen LogP contribution in [0.1, 0.15) is 34.3 Å². The summed E-state index contributed by atoms with van der Waals surface area (Å²) in [7, 11) is -3.55. The summed E-state index contributed by atoms with van der Waals surface area (Å²) in [6.07, 6.45) is -2.70. The molecule has 0 bridgehead atoms. The molecule has 1 aliphatic heterocycles. The van der Waals surface area contributed by atoms with Crippen molar-refractivity contribution in [3.63, 3.8) is 0 Å². The van der Waals surface area contributed by atoms with Gasteiger partial charge in [0.25, 0.3) is 5.91 Å². The molecule has 0 unspecified atom stereocenters. The van der Waals surface area contributed by atoms with Crippen molar-refractivity contribution < 1.29 is 26.4 Å². The Bertz CT molecular complexity index is 1250. The third-order valence-corrected chi connectivity index (χ3v) is 9.05. The van der Waals surface area contributed by atoms with Gasteiger partial charge in [-0.2, -0.15) is 17.5 Å². The Labute approximate surface area is 202 Å². The maximum absolute atomic E-state index is 12.7. The second kappa shape index (κ2) is 10.0. The number of carbonyl (C=O) groups excluding carboxylic acids is 1. The van der Waals surface area contributed by atoms with E-state index in [9.17, 15) is 26.4 Å². The van der Waals surface area contributed by atoms with E-state index in [0.29, 0.717) is 28.7 Å². The number of thioether (sulfide) groups is 1. The van der Waals surface area contributed by atoms with Crippen molar-refractivity contribution in [3.05, 3.63) is 65.2 Å². The summed E-state index contributed by atoms with van der Waals surface area (Å²) in [6.45, 7) is 1.00. The number of amides is 1. The predicted octanol–water partition coefficient (Wildman–Crippen LogP) is 4.89. The van der Waals surface area contributed by atoms with Crippen molar-refractivity contribution in [2.75, 3.05) is 18.4 Å². The van der Waals surface area contributed by atoms with Gasteiger partial charge in [0.05, 0.1) is 10.5 Å². The number of nitrogens with zero attached hydrogens (tertiary/aromatic N) is 3. The van der Waals surface area contributed by atoms with Gasteiger partial charge < -0.3 is 0 Å². The molecule has 180 valence electrons. The molecular weight excluding hydrogens is 509 g/mol. The van der Waals surface area contributed by atoms with Gasteiger partial charge in [-0.25, -0.2) is 8.42 Å². The van der Waals surface area contributed by atoms with Gasteiger partial charge in [-0.1, -0.05) is 35.2 Å². The fourth-order valence-electron chi connectivity index (χ4n) is 3.28. The van der Waals surface area contributed by atoms with Crippen LogP contribution in [0.3, 0.4) is 0 Å². The van der Waals surface area contributed by atoms with Crippen molar-refractivity contribution in [2.24, 2.45) is 0 Å². The summed E-state index contributed by atoms with van der Waals surface area (Å²) in [5, 5.41) is 10.8. The molecule has 0 aliphatic carbocycles. The second-order valence-corrected chi connectivity index (χ2v) is 11.6. The summed E-state index contributed by atoms with van der Waals surface area (Å²) in [5.74, 6) is -0.0613. The molecule has 1 aliphatic rings. The molecule has 1 fully saturated rings. The molecule has 1 saturated heterocycles. The number of alkyl halides is 3. The summed E-state index contributed by atoms with van der Waals surface area (Å²) >= 11 is 2.42. The number of nitrogens with one attached hydrogen (secondary N) is 1. The highest BCUT2D eigenvalue weighted by Gasteiger charge is 2.30. The van der Waals surface area contributed by atoms with E-state index < -0.39 is 27.7 Å². The predicted molar refractivity (Wildman–Crippen MR) is 123 cm³/mol. The number of hydrogen-bond donors (Lipinski definition) is 1. The van der Waals surface area contributed by atoms with Gasteiger partial charge in [-0.3, -0.25) is 10.1 Å². The van der Waals surface area contributed by atoms with E-state index in [-0.39, 0.29) is 15.6 Å². The Balaban J connectivity index is 1.33. The molecule has 34 heavy (non-hydrogen) atoms. The average molecular weight is 529 g/mol. The maximum atomic E-state index is 12.7. The van der Waals surface area contributed by atoms with Gasteiger partial charge in [0, 0.05) is 24.4 Å². The highest BCUT2D eigenvalue weighted by atomic mass is 32.2. The SMILES string of the molecule is O=C(Nc1nnc(SCc2ccc(C(F)(F)F)cc2)s1)c1ccc(S(=O)(=O)N2CCCC2)cc1. The summed E-state index contributed by atoms with van der Waals surface area (Å²) in [4.78, 5) is 12.6. The zero-order chi connectivity index (χ0) is 24.3. The molecule has 1 aromatic heterocycles. The van der Waals surface area contributed by atoms with Crippen LogP contribution in [-0.2, 0) is 22.0 Å². The quantitative estimate of drug-likeness (QED) is 0.347. The van der Waals surface area contributed by atoms with Crippen LogP contribution in [-0.4, -0.2) is 41.9 Å². The summed E-state index contributed by atoms with van der Waals surface area (Å²) in [5.41, 5.74) is 0.265. The van der Waals surface area contributed by atoms with Gasteiger partial charge in [-0.15, -0.1) is 10.2 Å². The third-order valence-electron chi connectivity index (χ3n) is 5.09. The van der Waals surface area contributed by atoms with Crippen LogP contribution in [0.15, 0.2) is 57.8 Å². The molecule has 3 aromatic rings. The standard InChI is InChI=1S/C21H19F3N4O3S3/c22-21(23,24)16-7-3-14(4-8-16)13-32-20-27-26-19(33-20)25-18(29)15-5-9-17(10-6-15)34(30,31)28-11-1-2-12-28/h3-10H,1-2,11-13H2,(H,25,26,29). The lowest BCUT2D eigenvalue weighted by atomic mass is 10.1. The van der Waals surface area contributed by atoms with Crippen LogP contribution < -0.4 is 5.32 Å². The highest BCUT2D eigenvalue weighted by molar-refractivity contribution is 8.00. The molecule has 0 atom stereocenters. The monoisotopic (exact) mass is 528 g/mol. The van der Waals surface area contributed by atoms with Gasteiger partial charge >= 0.3 is 6.18 Å². The normalized spacial score (nSPS) is 14.9. The zero-order valence-electron chi connectivity index (χ0n) is 17.6. The smallest absolute Gasteiger partial charge is 0.296 e. The van der Waals surface area contributed by atoms with E-state index in [1.807, 2.05) is 0 Å². The molecule has 0 spiro atoms. The van der Waals surface area contributed by atoms with Gasteiger partial charge in [-0.05, 0) is 54.8 Å².